The van der Waals surface area contributed by atoms with Gasteiger partial charge in [0.2, 0.25) is 0 Å². The molecule has 5 aliphatic rings. The smallest absolute Gasteiger partial charge is 0.166 e. The number of aliphatic imine (C=N–C) groups is 1. The highest BCUT2D eigenvalue weighted by atomic mass is 16.1. The van der Waals surface area contributed by atoms with Gasteiger partial charge in [0.25, 0.3) is 0 Å². The maximum atomic E-state index is 13.5. The highest BCUT2D eigenvalue weighted by Gasteiger charge is 2.58. The summed E-state index contributed by atoms with van der Waals surface area (Å²) in [5.74, 6) is 2.07. The van der Waals surface area contributed by atoms with E-state index in [1.165, 1.54) is 30.7 Å². The molecule has 164 valence electrons. The van der Waals surface area contributed by atoms with Gasteiger partial charge in [-0.2, -0.15) is 5.26 Å². The number of nitrogens with one attached hydrogen (secondary N) is 2. The number of nitrogens with zero attached hydrogens (tertiary/aromatic N) is 3. The Hall–Kier alpha value is -3.07. The van der Waals surface area contributed by atoms with Crippen LogP contribution in [0.4, 0.5) is 0 Å². The van der Waals surface area contributed by atoms with E-state index >= 15 is 0 Å². The van der Waals surface area contributed by atoms with Gasteiger partial charge >= 0.3 is 0 Å². The predicted molar refractivity (Wildman–Crippen MR) is 123 cm³/mol. The average molecular weight is 428 g/mol. The molecule has 3 fully saturated rings. The van der Waals surface area contributed by atoms with Crippen LogP contribution in [-0.4, -0.2) is 47.6 Å². The Kier molecular flexibility index (Phi) is 4.60. The van der Waals surface area contributed by atoms with Crippen molar-refractivity contribution in [3.05, 3.63) is 59.1 Å². The number of hydrogen-bond donors (Lipinski definition) is 2. The van der Waals surface area contributed by atoms with Crippen LogP contribution in [0, 0.1) is 23.2 Å². The van der Waals surface area contributed by atoms with Gasteiger partial charge in [0.1, 0.15) is 5.82 Å². The minimum Gasteiger partial charge on any atom is -0.389 e. The zero-order chi connectivity index (χ0) is 21.7. The third-order valence-electron chi connectivity index (χ3n) is 8.38. The second-order valence-electron chi connectivity index (χ2n) is 9.91. The number of fused-ring (bicyclic) bond motifs is 2. The van der Waals surface area contributed by atoms with Crippen LogP contribution in [0.2, 0.25) is 0 Å². The number of allylic oxidation sites excluding steroid dienone is 1. The Morgan fingerprint density at radius 1 is 1.22 bits per heavy atom. The lowest BCUT2D eigenvalue weighted by molar-refractivity contribution is 0.0747. The quantitative estimate of drug-likeness (QED) is 0.725. The van der Waals surface area contributed by atoms with E-state index in [0.29, 0.717) is 17.5 Å². The summed E-state index contributed by atoms with van der Waals surface area (Å²) in [6.45, 7) is 1.74. The summed E-state index contributed by atoms with van der Waals surface area (Å²) in [7, 11) is 0. The monoisotopic (exact) mass is 427 g/mol. The summed E-state index contributed by atoms with van der Waals surface area (Å²) >= 11 is 0. The fourth-order valence-electron chi connectivity index (χ4n) is 6.49. The Balaban J connectivity index is 1.33. The number of nitriles is 1. The third kappa shape index (κ3) is 2.91. The van der Waals surface area contributed by atoms with Crippen molar-refractivity contribution in [1.29, 1.82) is 5.26 Å². The van der Waals surface area contributed by atoms with Crippen LogP contribution >= 0.6 is 0 Å². The molecule has 4 atom stereocenters. The number of ketones is 1. The molecule has 6 nitrogen and oxygen atoms in total. The molecule has 2 aliphatic carbocycles. The molecule has 1 spiro atoms. The second kappa shape index (κ2) is 7.51. The number of carbonyl (C=O) groups is 1. The molecule has 3 aliphatic heterocycles. The SMILES string of the molecule is N#Cc1ccc(C(=O)C2CCC3=CNCC4N5C(=CC=NCC5C5CCC5)NC34C2)cc1. The molecule has 2 saturated carbocycles. The standard InChI is InChI=1S/C26H29N5O/c27-13-17-4-6-19(7-5-17)25(32)20-8-9-21-14-29-16-23-26(21,12-20)30-24-10-11-28-15-22(31(23)24)18-2-1-3-18/h4-7,10-11,14,18,20,22-23,29-30H,1-3,8-9,12,15-16H2. The van der Waals surface area contributed by atoms with Crippen LogP contribution in [0.15, 0.2) is 52.9 Å². The number of Topliss-reactive ketones (excluding diaryl/α,β-unsaturated/α-hetero) is 1. The largest absolute Gasteiger partial charge is 0.389 e. The van der Waals surface area contributed by atoms with Crippen molar-refractivity contribution in [3.63, 3.8) is 0 Å². The third-order valence-corrected chi connectivity index (χ3v) is 8.38. The van der Waals surface area contributed by atoms with E-state index in [9.17, 15) is 4.79 Å². The van der Waals surface area contributed by atoms with Crippen LogP contribution < -0.4 is 10.6 Å². The first-order chi connectivity index (χ1) is 15.7. The maximum absolute atomic E-state index is 13.5. The van der Waals surface area contributed by atoms with Gasteiger partial charge in [0.15, 0.2) is 5.78 Å². The van der Waals surface area contributed by atoms with Crippen molar-refractivity contribution < 1.29 is 4.79 Å². The van der Waals surface area contributed by atoms with Crippen molar-refractivity contribution >= 4 is 12.0 Å². The molecule has 1 saturated heterocycles. The molecule has 6 rings (SSSR count). The van der Waals surface area contributed by atoms with Gasteiger partial charge in [-0.3, -0.25) is 9.79 Å². The molecule has 0 amide bonds. The topological polar surface area (TPSA) is 80.5 Å². The van der Waals surface area contributed by atoms with Gasteiger partial charge in [-0.15, -0.1) is 0 Å². The van der Waals surface area contributed by atoms with Gasteiger partial charge < -0.3 is 15.5 Å². The number of rotatable bonds is 3. The molecule has 3 heterocycles. The summed E-state index contributed by atoms with van der Waals surface area (Å²) in [6, 6.07) is 9.98. The first-order valence-electron chi connectivity index (χ1n) is 11.9. The van der Waals surface area contributed by atoms with Crippen molar-refractivity contribution in [2.45, 2.75) is 56.1 Å². The summed E-state index contributed by atoms with van der Waals surface area (Å²) in [6.07, 6.45) is 12.8. The van der Waals surface area contributed by atoms with Crippen molar-refractivity contribution in [1.82, 2.24) is 15.5 Å². The normalized spacial score (nSPS) is 33.1. The zero-order valence-corrected chi connectivity index (χ0v) is 18.3. The number of benzene rings is 1. The Labute approximate surface area is 189 Å². The van der Waals surface area contributed by atoms with Crippen molar-refractivity contribution in [2.24, 2.45) is 16.8 Å². The first kappa shape index (κ1) is 19.6. The first-order valence-corrected chi connectivity index (χ1v) is 11.9. The van der Waals surface area contributed by atoms with Crippen LogP contribution in [0.1, 0.15) is 54.4 Å². The molecule has 32 heavy (non-hydrogen) atoms. The fourth-order valence-corrected chi connectivity index (χ4v) is 6.49. The average Bonchev–Trinajstić information content (AvgIpc) is 2.98. The van der Waals surface area contributed by atoms with Gasteiger partial charge in [-0.1, -0.05) is 18.6 Å². The Morgan fingerprint density at radius 2 is 2.06 bits per heavy atom. The van der Waals surface area contributed by atoms with Gasteiger partial charge in [-0.25, -0.2) is 0 Å². The molecule has 6 heteroatoms. The van der Waals surface area contributed by atoms with E-state index in [0.717, 1.165) is 37.9 Å². The fraction of sp³-hybridized carbons (Fsp3) is 0.500. The minimum absolute atomic E-state index is 0.0202. The molecule has 1 aromatic rings. The summed E-state index contributed by atoms with van der Waals surface area (Å²) < 4.78 is 0. The van der Waals surface area contributed by atoms with Crippen LogP contribution in [0.25, 0.3) is 0 Å². The predicted octanol–water partition coefficient (Wildman–Crippen LogP) is 3.14. The molecule has 0 bridgehead atoms. The molecular formula is C26H29N5O. The number of hydrogen-bond acceptors (Lipinski definition) is 6. The van der Waals surface area contributed by atoms with E-state index in [-0.39, 0.29) is 23.3 Å². The molecule has 4 unspecified atom stereocenters. The van der Waals surface area contributed by atoms with Crippen LogP contribution in [0.3, 0.4) is 0 Å². The Morgan fingerprint density at radius 3 is 2.81 bits per heavy atom. The molecular weight excluding hydrogens is 398 g/mol. The van der Waals surface area contributed by atoms with Crippen molar-refractivity contribution in [2.75, 3.05) is 13.1 Å². The molecule has 0 radical (unpaired) electrons. The van der Waals surface area contributed by atoms with E-state index in [1.807, 2.05) is 18.3 Å². The lowest BCUT2D eigenvalue weighted by atomic mass is 9.66. The summed E-state index contributed by atoms with van der Waals surface area (Å²) in [5, 5.41) is 16.6. The molecule has 1 aromatic carbocycles. The Bertz CT molecular complexity index is 1060. The highest BCUT2D eigenvalue weighted by molar-refractivity contribution is 5.98. The lowest BCUT2D eigenvalue weighted by Gasteiger charge is -2.49. The van der Waals surface area contributed by atoms with E-state index in [1.54, 1.807) is 12.1 Å². The molecule has 0 aromatic heterocycles. The summed E-state index contributed by atoms with van der Waals surface area (Å²) in [5.41, 5.74) is 2.51. The van der Waals surface area contributed by atoms with E-state index in [4.69, 9.17) is 5.26 Å². The minimum atomic E-state index is -0.199. The molecule has 2 N–H and O–H groups in total. The second-order valence-corrected chi connectivity index (χ2v) is 9.91. The number of carbonyl (C=O) groups excluding carboxylic acids is 1. The van der Waals surface area contributed by atoms with Gasteiger partial charge in [-0.05, 0) is 68.0 Å². The van der Waals surface area contributed by atoms with Crippen LogP contribution in [0.5, 0.6) is 0 Å². The van der Waals surface area contributed by atoms with Crippen molar-refractivity contribution in [3.8, 4) is 6.07 Å². The van der Waals surface area contributed by atoms with Gasteiger partial charge in [0.05, 0.1) is 35.8 Å². The lowest BCUT2D eigenvalue weighted by Crippen LogP contribution is -2.62. The highest BCUT2D eigenvalue weighted by Crippen LogP contribution is 2.49. The maximum Gasteiger partial charge on any atom is 0.166 e. The van der Waals surface area contributed by atoms with E-state index < -0.39 is 0 Å². The zero-order valence-electron chi connectivity index (χ0n) is 18.3. The van der Waals surface area contributed by atoms with Gasteiger partial charge in [0, 0.05) is 24.2 Å². The summed E-state index contributed by atoms with van der Waals surface area (Å²) in [4.78, 5) is 20.8. The van der Waals surface area contributed by atoms with E-state index in [2.05, 4.69) is 38.9 Å². The van der Waals surface area contributed by atoms with Crippen LogP contribution in [-0.2, 0) is 0 Å².